The van der Waals surface area contributed by atoms with Gasteiger partial charge in [-0.05, 0) is 51.1 Å². The van der Waals surface area contributed by atoms with Crippen LogP contribution in [0, 0.1) is 11.8 Å². The van der Waals surface area contributed by atoms with E-state index in [-0.39, 0.29) is 23.6 Å². The summed E-state index contributed by atoms with van der Waals surface area (Å²) in [5, 5.41) is 0. The number of fused-ring (bicyclic) bond motifs is 1. The Hall–Kier alpha value is -4.65. The van der Waals surface area contributed by atoms with Gasteiger partial charge in [0, 0.05) is 37.3 Å². The molecule has 0 spiro atoms. The number of carbonyl (C=O) groups excluding carboxylic acids is 5. The number of hydrogen-bond donors (Lipinski definition) is 0. The average Bonchev–Trinajstić information content (AvgIpc) is 3.16. The summed E-state index contributed by atoms with van der Waals surface area (Å²) in [6, 6.07) is 11.0. The highest BCUT2D eigenvalue weighted by Crippen LogP contribution is 2.22. The molecule has 2 heterocycles. The van der Waals surface area contributed by atoms with Crippen LogP contribution in [0.2, 0.25) is 0 Å². The van der Waals surface area contributed by atoms with Crippen LogP contribution in [-0.4, -0.2) is 89.9 Å². The van der Waals surface area contributed by atoms with E-state index in [2.05, 4.69) is 11.8 Å². The normalized spacial score (nSPS) is 14.9. The van der Waals surface area contributed by atoms with Gasteiger partial charge in [-0.25, -0.2) is 9.59 Å². The first-order chi connectivity index (χ1) is 18.5. The molecule has 202 valence electrons. The number of amides is 4. The number of benzene rings is 2. The number of esters is 1. The number of methoxy groups -OCH3 is 1. The quantitative estimate of drug-likeness (QED) is 0.340. The maximum atomic E-state index is 13.2. The lowest BCUT2D eigenvalue weighted by molar-refractivity contribution is 0.0140. The van der Waals surface area contributed by atoms with E-state index in [9.17, 15) is 24.0 Å². The maximum Gasteiger partial charge on any atom is 0.410 e. The van der Waals surface area contributed by atoms with Gasteiger partial charge in [0.2, 0.25) is 0 Å². The van der Waals surface area contributed by atoms with Crippen molar-refractivity contribution in [2.45, 2.75) is 26.4 Å². The number of rotatable bonds is 3. The first kappa shape index (κ1) is 27.4. The van der Waals surface area contributed by atoms with Crippen molar-refractivity contribution in [2.24, 2.45) is 0 Å². The summed E-state index contributed by atoms with van der Waals surface area (Å²) in [4.78, 5) is 67.3. The lowest BCUT2D eigenvalue weighted by Gasteiger charge is -2.35. The van der Waals surface area contributed by atoms with Crippen molar-refractivity contribution < 1.29 is 33.4 Å². The molecule has 2 aliphatic heterocycles. The highest BCUT2D eigenvalue weighted by Gasteiger charge is 2.34. The van der Waals surface area contributed by atoms with Crippen molar-refractivity contribution in [1.82, 2.24) is 14.7 Å². The summed E-state index contributed by atoms with van der Waals surface area (Å²) in [6.45, 7) is 6.49. The number of imide groups is 1. The van der Waals surface area contributed by atoms with Crippen LogP contribution < -0.4 is 0 Å². The number of carbonyl (C=O) groups is 5. The second-order valence-corrected chi connectivity index (χ2v) is 10.1. The van der Waals surface area contributed by atoms with Crippen molar-refractivity contribution in [3.63, 3.8) is 0 Å². The van der Waals surface area contributed by atoms with Gasteiger partial charge in [0.25, 0.3) is 17.7 Å². The molecule has 10 nitrogen and oxygen atoms in total. The second-order valence-electron chi connectivity index (χ2n) is 10.1. The van der Waals surface area contributed by atoms with Crippen LogP contribution in [0.5, 0.6) is 0 Å². The van der Waals surface area contributed by atoms with Gasteiger partial charge in [0.1, 0.15) is 5.60 Å². The monoisotopic (exact) mass is 531 g/mol. The van der Waals surface area contributed by atoms with E-state index >= 15 is 0 Å². The largest absolute Gasteiger partial charge is 0.465 e. The van der Waals surface area contributed by atoms with Crippen molar-refractivity contribution >= 4 is 29.8 Å². The lowest BCUT2D eigenvalue weighted by atomic mass is 10.0. The second kappa shape index (κ2) is 11.0. The van der Waals surface area contributed by atoms with Crippen LogP contribution in [0.4, 0.5) is 4.79 Å². The highest BCUT2D eigenvalue weighted by atomic mass is 16.6. The minimum Gasteiger partial charge on any atom is -0.465 e. The summed E-state index contributed by atoms with van der Waals surface area (Å²) < 4.78 is 10.3. The summed E-state index contributed by atoms with van der Waals surface area (Å²) >= 11 is 0. The molecule has 2 aliphatic rings. The zero-order valence-corrected chi connectivity index (χ0v) is 22.3. The summed E-state index contributed by atoms with van der Waals surface area (Å²) in [5.74, 6) is 3.82. The molecule has 2 aromatic carbocycles. The molecule has 0 bridgehead atoms. The van der Waals surface area contributed by atoms with Gasteiger partial charge in [0.15, 0.2) is 0 Å². The fourth-order valence-electron chi connectivity index (χ4n) is 4.27. The van der Waals surface area contributed by atoms with E-state index in [0.717, 1.165) is 4.90 Å². The molecule has 1 saturated heterocycles. The number of hydrogen-bond acceptors (Lipinski definition) is 7. The predicted molar refractivity (Wildman–Crippen MR) is 140 cm³/mol. The Labute approximate surface area is 226 Å². The fraction of sp³-hybridized carbons (Fsp3) is 0.345. The van der Waals surface area contributed by atoms with Crippen molar-refractivity contribution in [2.75, 3.05) is 39.8 Å². The molecule has 0 atom stereocenters. The van der Waals surface area contributed by atoms with E-state index in [0.29, 0.717) is 42.9 Å². The van der Waals surface area contributed by atoms with Crippen LogP contribution in [0.25, 0.3) is 0 Å². The van der Waals surface area contributed by atoms with Gasteiger partial charge in [-0.3, -0.25) is 19.3 Å². The molecule has 39 heavy (non-hydrogen) atoms. The van der Waals surface area contributed by atoms with Crippen molar-refractivity contribution in [3.05, 3.63) is 70.3 Å². The topological polar surface area (TPSA) is 114 Å². The minimum atomic E-state index is -0.634. The molecule has 0 aromatic heterocycles. The zero-order chi connectivity index (χ0) is 28.3. The molecule has 0 N–H and O–H groups in total. The molecular formula is C29H29N3O7. The van der Waals surface area contributed by atoms with Crippen LogP contribution in [0.3, 0.4) is 0 Å². The van der Waals surface area contributed by atoms with Crippen LogP contribution in [0.1, 0.15) is 67.8 Å². The molecular weight excluding hydrogens is 502 g/mol. The molecule has 0 radical (unpaired) electrons. The minimum absolute atomic E-state index is 0.152. The molecule has 0 saturated carbocycles. The standard InChI is InChI=1S/C29H29N3O7/c1-29(2,3)39-28(37)31-16-14-30(15-17-31)24(33)20-11-12-21(27(36)38-4)19(18-20)8-7-13-32-25(34)22-9-5-6-10-23(22)26(32)35/h5-6,9-12,18H,13-17H2,1-4H3. The van der Waals surface area contributed by atoms with E-state index < -0.39 is 29.5 Å². The van der Waals surface area contributed by atoms with Gasteiger partial charge >= 0.3 is 12.1 Å². The third-order valence-electron chi connectivity index (χ3n) is 6.23. The molecule has 0 aliphatic carbocycles. The van der Waals surface area contributed by atoms with E-state index in [1.807, 2.05) is 0 Å². The molecule has 4 amide bonds. The summed E-state index contributed by atoms with van der Waals surface area (Å²) in [7, 11) is 1.24. The van der Waals surface area contributed by atoms with Gasteiger partial charge in [-0.1, -0.05) is 24.0 Å². The Morgan fingerprint density at radius 2 is 1.49 bits per heavy atom. The number of nitrogens with zero attached hydrogens (tertiary/aromatic N) is 3. The SMILES string of the molecule is COC(=O)c1ccc(C(=O)N2CCN(C(=O)OC(C)(C)C)CC2)cc1C#CCN1C(=O)c2ccccc2C1=O. The van der Waals surface area contributed by atoms with Crippen LogP contribution >= 0.6 is 0 Å². The van der Waals surface area contributed by atoms with E-state index in [1.165, 1.54) is 25.3 Å². The Morgan fingerprint density at radius 3 is 2.05 bits per heavy atom. The molecule has 4 rings (SSSR count). The Bertz CT molecular complexity index is 1370. The number of ether oxygens (including phenoxy) is 2. The van der Waals surface area contributed by atoms with Crippen molar-refractivity contribution in [1.29, 1.82) is 0 Å². The zero-order valence-electron chi connectivity index (χ0n) is 22.3. The fourth-order valence-corrected chi connectivity index (χ4v) is 4.27. The average molecular weight is 532 g/mol. The van der Waals surface area contributed by atoms with Crippen LogP contribution in [-0.2, 0) is 9.47 Å². The van der Waals surface area contributed by atoms with E-state index in [4.69, 9.17) is 9.47 Å². The molecule has 2 aromatic rings. The maximum absolute atomic E-state index is 13.2. The molecule has 10 heteroatoms. The number of piperazine rings is 1. The van der Waals surface area contributed by atoms with Gasteiger partial charge in [-0.15, -0.1) is 0 Å². The van der Waals surface area contributed by atoms with Gasteiger partial charge in [-0.2, -0.15) is 0 Å². The predicted octanol–water partition coefficient (Wildman–Crippen LogP) is 2.81. The Morgan fingerprint density at radius 1 is 0.897 bits per heavy atom. The summed E-state index contributed by atoms with van der Waals surface area (Å²) in [6.07, 6.45) is -0.423. The Kier molecular flexibility index (Phi) is 7.72. The van der Waals surface area contributed by atoms with Gasteiger partial charge < -0.3 is 19.3 Å². The van der Waals surface area contributed by atoms with Crippen molar-refractivity contribution in [3.8, 4) is 11.8 Å². The lowest BCUT2D eigenvalue weighted by Crippen LogP contribution is -2.51. The smallest absolute Gasteiger partial charge is 0.410 e. The first-order valence-electron chi connectivity index (χ1n) is 12.4. The van der Waals surface area contributed by atoms with Crippen LogP contribution in [0.15, 0.2) is 42.5 Å². The third kappa shape index (κ3) is 5.93. The first-order valence-corrected chi connectivity index (χ1v) is 12.4. The highest BCUT2D eigenvalue weighted by molar-refractivity contribution is 6.21. The molecule has 0 unspecified atom stereocenters. The third-order valence-corrected chi connectivity index (χ3v) is 6.23. The molecule has 1 fully saturated rings. The Balaban J connectivity index is 1.49. The summed E-state index contributed by atoms with van der Waals surface area (Å²) in [5.41, 5.74) is 0.717. The van der Waals surface area contributed by atoms with Gasteiger partial charge in [0.05, 0.1) is 30.3 Å². The van der Waals surface area contributed by atoms with E-state index in [1.54, 1.807) is 54.8 Å².